The van der Waals surface area contributed by atoms with Crippen molar-refractivity contribution in [1.82, 2.24) is 9.80 Å². The third kappa shape index (κ3) is 4.07. The molecular weight excluding hydrogens is 272 g/mol. The Morgan fingerprint density at radius 1 is 1.40 bits per heavy atom. The first kappa shape index (κ1) is 15.0. The van der Waals surface area contributed by atoms with Gasteiger partial charge in [0.15, 0.2) is 0 Å². The summed E-state index contributed by atoms with van der Waals surface area (Å²) in [5.74, 6) is 6.26. The molecule has 1 N–H and O–H groups in total. The molecule has 0 bridgehead atoms. The van der Waals surface area contributed by atoms with Crippen LogP contribution >= 0.6 is 11.3 Å². The molecule has 2 rings (SSSR count). The number of amides is 1. The van der Waals surface area contributed by atoms with Gasteiger partial charge in [0.1, 0.15) is 0 Å². The molecule has 1 aliphatic heterocycles. The number of aliphatic hydroxyl groups is 1. The summed E-state index contributed by atoms with van der Waals surface area (Å²) >= 11 is 1.72. The second kappa shape index (κ2) is 7.44. The van der Waals surface area contributed by atoms with E-state index in [9.17, 15) is 4.79 Å². The van der Waals surface area contributed by atoms with E-state index in [1.807, 2.05) is 11.0 Å². The van der Waals surface area contributed by atoms with E-state index in [0.717, 1.165) is 38.3 Å². The third-order valence-corrected chi connectivity index (χ3v) is 4.30. The van der Waals surface area contributed by atoms with E-state index < -0.39 is 0 Å². The van der Waals surface area contributed by atoms with Crippen molar-refractivity contribution in [2.24, 2.45) is 0 Å². The van der Waals surface area contributed by atoms with Crippen molar-refractivity contribution < 1.29 is 9.90 Å². The van der Waals surface area contributed by atoms with Crippen molar-refractivity contribution in [2.45, 2.75) is 19.9 Å². The van der Waals surface area contributed by atoms with Crippen LogP contribution in [-0.4, -0.2) is 53.6 Å². The Morgan fingerprint density at radius 3 is 2.80 bits per heavy atom. The van der Waals surface area contributed by atoms with E-state index in [0.29, 0.717) is 6.42 Å². The highest BCUT2D eigenvalue weighted by molar-refractivity contribution is 7.10. The number of carbonyl (C=O) groups is 1. The summed E-state index contributed by atoms with van der Waals surface area (Å²) in [6.07, 6.45) is 0.520. The highest BCUT2D eigenvalue weighted by Gasteiger charge is 2.19. The Morgan fingerprint density at radius 2 is 2.15 bits per heavy atom. The number of hydrogen-bond acceptors (Lipinski definition) is 4. The fraction of sp³-hybridized carbons (Fsp3) is 0.533. The molecule has 0 aromatic carbocycles. The van der Waals surface area contributed by atoms with Gasteiger partial charge in [-0.25, -0.2) is 0 Å². The van der Waals surface area contributed by atoms with Crippen molar-refractivity contribution in [3.63, 3.8) is 0 Å². The van der Waals surface area contributed by atoms with Crippen molar-refractivity contribution >= 4 is 17.2 Å². The minimum atomic E-state index is 0.111. The van der Waals surface area contributed by atoms with Crippen molar-refractivity contribution in [2.75, 3.05) is 32.8 Å². The summed E-state index contributed by atoms with van der Waals surface area (Å²) < 4.78 is 0. The maximum atomic E-state index is 11.3. The molecule has 108 valence electrons. The van der Waals surface area contributed by atoms with E-state index >= 15 is 0 Å². The number of nitrogens with zero attached hydrogens (tertiary/aromatic N) is 2. The first-order valence-electron chi connectivity index (χ1n) is 6.84. The smallest absolute Gasteiger partial charge is 0.219 e. The zero-order chi connectivity index (χ0) is 14.4. The van der Waals surface area contributed by atoms with Gasteiger partial charge in [-0.05, 0) is 11.4 Å². The Hall–Kier alpha value is -1.35. The van der Waals surface area contributed by atoms with Crippen LogP contribution in [0.5, 0.6) is 0 Å². The van der Waals surface area contributed by atoms with Crippen LogP contribution in [0, 0.1) is 11.8 Å². The normalized spacial score (nSPS) is 15.8. The van der Waals surface area contributed by atoms with Gasteiger partial charge >= 0.3 is 0 Å². The molecule has 0 saturated carbocycles. The maximum absolute atomic E-state index is 11.3. The van der Waals surface area contributed by atoms with Crippen LogP contribution in [0.2, 0.25) is 0 Å². The third-order valence-electron chi connectivity index (χ3n) is 3.39. The number of carbonyl (C=O) groups excluding carboxylic acids is 1. The summed E-state index contributed by atoms with van der Waals surface area (Å²) in [6, 6.07) is 2.04. The molecule has 0 unspecified atom stereocenters. The Kier molecular flexibility index (Phi) is 5.60. The minimum absolute atomic E-state index is 0.111. The maximum Gasteiger partial charge on any atom is 0.219 e. The predicted molar refractivity (Wildman–Crippen MR) is 80.4 cm³/mol. The highest BCUT2D eigenvalue weighted by atomic mass is 32.1. The Bertz CT molecular complexity index is 507. The summed E-state index contributed by atoms with van der Waals surface area (Å²) in [5, 5.41) is 10.8. The van der Waals surface area contributed by atoms with E-state index in [4.69, 9.17) is 5.11 Å². The predicted octanol–water partition coefficient (Wildman–Crippen LogP) is 1.15. The lowest BCUT2D eigenvalue weighted by molar-refractivity contribution is -0.130. The Labute approximate surface area is 124 Å². The number of rotatable bonds is 3. The number of hydrogen-bond donors (Lipinski definition) is 1. The number of aliphatic hydroxyl groups excluding tert-OH is 1. The first-order chi connectivity index (χ1) is 9.70. The molecule has 1 fully saturated rings. The fourth-order valence-electron chi connectivity index (χ4n) is 2.21. The SMILES string of the molecule is CC(=O)N1CCN(Cc2sccc2C#CCCO)CC1. The zero-order valence-electron chi connectivity index (χ0n) is 11.8. The number of thiophene rings is 1. The quantitative estimate of drug-likeness (QED) is 0.850. The average molecular weight is 292 g/mol. The van der Waals surface area contributed by atoms with Crippen LogP contribution < -0.4 is 0 Å². The highest BCUT2D eigenvalue weighted by Crippen LogP contribution is 2.19. The molecule has 0 atom stereocenters. The molecule has 1 aliphatic rings. The lowest BCUT2D eigenvalue weighted by Gasteiger charge is -2.33. The summed E-state index contributed by atoms with van der Waals surface area (Å²) in [7, 11) is 0. The van der Waals surface area contributed by atoms with Crippen LogP contribution in [0.1, 0.15) is 23.8 Å². The minimum Gasteiger partial charge on any atom is -0.395 e. The second-order valence-corrected chi connectivity index (χ2v) is 5.82. The summed E-state index contributed by atoms with van der Waals surface area (Å²) in [5.41, 5.74) is 1.07. The van der Waals surface area contributed by atoms with E-state index in [-0.39, 0.29) is 12.5 Å². The van der Waals surface area contributed by atoms with Gasteiger partial charge in [0.25, 0.3) is 0 Å². The molecule has 20 heavy (non-hydrogen) atoms. The molecule has 1 aromatic heterocycles. The van der Waals surface area contributed by atoms with Crippen LogP contribution in [0.25, 0.3) is 0 Å². The van der Waals surface area contributed by atoms with Crippen LogP contribution in [0.15, 0.2) is 11.4 Å². The molecule has 5 heteroatoms. The molecule has 0 spiro atoms. The molecule has 0 radical (unpaired) electrons. The fourth-order valence-corrected chi connectivity index (χ4v) is 3.08. The zero-order valence-corrected chi connectivity index (χ0v) is 12.6. The van der Waals surface area contributed by atoms with Crippen LogP contribution in [0.4, 0.5) is 0 Å². The van der Waals surface area contributed by atoms with E-state index in [2.05, 4.69) is 22.1 Å². The van der Waals surface area contributed by atoms with Gasteiger partial charge in [-0.3, -0.25) is 9.69 Å². The molecule has 1 amide bonds. The standard InChI is InChI=1S/C15H20N2O2S/c1-13(19)17-8-6-16(7-9-17)12-15-14(5-11-20-15)4-2-3-10-18/h5,11,18H,3,6-10,12H2,1H3. The van der Waals surface area contributed by atoms with Gasteiger partial charge < -0.3 is 10.0 Å². The molecule has 2 heterocycles. The van der Waals surface area contributed by atoms with Gasteiger partial charge in [0, 0.05) is 56.5 Å². The monoisotopic (exact) mass is 292 g/mol. The van der Waals surface area contributed by atoms with Gasteiger partial charge in [0.05, 0.1) is 6.61 Å². The topological polar surface area (TPSA) is 43.8 Å². The van der Waals surface area contributed by atoms with Crippen molar-refractivity contribution in [3.8, 4) is 11.8 Å². The molecule has 0 aliphatic carbocycles. The van der Waals surface area contributed by atoms with Crippen molar-refractivity contribution in [1.29, 1.82) is 0 Å². The van der Waals surface area contributed by atoms with Gasteiger partial charge in [-0.2, -0.15) is 0 Å². The number of piperazine rings is 1. The Balaban J connectivity index is 1.90. The van der Waals surface area contributed by atoms with E-state index in [1.165, 1.54) is 4.88 Å². The lowest BCUT2D eigenvalue weighted by Crippen LogP contribution is -2.47. The largest absolute Gasteiger partial charge is 0.395 e. The second-order valence-electron chi connectivity index (χ2n) is 4.82. The average Bonchev–Trinajstić information content (AvgIpc) is 2.87. The summed E-state index contributed by atoms with van der Waals surface area (Å²) in [4.78, 5) is 16.8. The van der Waals surface area contributed by atoms with Crippen LogP contribution in [0.3, 0.4) is 0 Å². The van der Waals surface area contributed by atoms with E-state index in [1.54, 1.807) is 18.3 Å². The molecular formula is C15H20N2O2S. The van der Waals surface area contributed by atoms with Crippen LogP contribution in [-0.2, 0) is 11.3 Å². The molecule has 4 nitrogen and oxygen atoms in total. The first-order valence-corrected chi connectivity index (χ1v) is 7.72. The van der Waals surface area contributed by atoms with Gasteiger partial charge in [0.2, 0.25) is 5.91 Å². The molecule has 1 aromatic rings. The van der Waals surface area contributed by atoms with Gasteiger partial charge in [-0.15, -0.1) is 11.3 Å². The summed E-state index contributed by atoms with van der Waals surface area (Å²) in [6.45, 7) is 6.09. The van der Waals surface area contributed by atoms with Crippen molar-refractivity contribution in [3.05, 3.63) is 21.9 Å². The van der Waals surface area contributed by atoms with Gasteiger partial charge in [-0.1, -0.05) is 11.8 Å². The molecule has 1 saturated heterocycles. The lowest BCUT2D eigenvalue weighted by atomic mass is 10.2.